The van der Waals surface area contributed by atoms with Crippen LogP contribution in [-0.4, -0.2) is 37.7 Å². The van der Waals surface area contributed by atoms with Crippen LogP contribution < -0.4 is 26.3 Å². The summed E-state index contributed by atoms with van der Waals surface area (Å²) in [5.41, 5.74) is 13.6. The molecular formula is C20H20N4O5S. The Kier molecular flexibility index (Phi) is 6.38. The number of benzene rings is 2. The fraction of sp³-hybridized carbons (Fsp3) is 0.150. The van der Waals surface area contributed by atoms with E-state index in [0.29, 0.717) is 33.7 Å². The van der Waals surface area contributed by atoms with E-state index in [4.69, 9.17) is 25.7 Å². The number of thiazole rings is 1. The largest absolute Gasteiger partial charge is 0.493 e. The number of nitrogen functional groups attached to an aromatic ring is 2. The first-order valence-corrected chi connectivity index (χ1v) is 9.58. The molecule has 0 atom stereocenters. The van der Waals surface area contributed by atoms with Crippen molar-refractivity contribution in [2.45, 2.75) is 0 Å². The van der Waals surface area contributed by atoms with E-state index in [1.54, 1.807) is 31.7 Å². The SMILES string of the molecule is COc1ccc(-c2csc(NC(=O)COC(=O)c3cc(N)cc(N)c3)n2)cc1OC. The van der Waals surface area contributed by atoms with E-state index in [1.165, 1.54) is 29.5 Å². The van der Waals surface area contributed by atoms with Gasteiger partial charge >= 0.3 is 5.97 Å². The number of nitrogens with one attached hydrogen (secondary N) is 1. The van der Waals surface area contributed by atoms with E-state index < -0.39 is 18.5 Å². The highest BCUT2D eigenvalue weighted by molar-refractivity contribution is 7.14. The van der Waals surface area contributed by atoms with Gasteiger partial charge in [0.15, 0.2) is 23.2 Å². The van der Waals surface area contributed by atoms with Crippen LogP contribution in [0.5, 0.6) is 11.5 Å². The zero-order valence-electron chi connectivity index (χ0n) is 16.3. The molecule has 9 nitrogen and oxygen atoms in total. The number of carbonyl (C=O) groups excluding carboxylic acids is 2. The summed E-state index contributed by atoms with van der Waals surface area (Å²) in [5, 5.41) is 4.76. The molecule has 5 N–H and O–H groups in total. The van der Waals surface area contributed by atoms with E-state index in [9.17, 15) is 9.59 Å². The van der Waals surface area contributed by atoms with Gasteiger partial charge in [0.1, 0.15) is 0 Å². The van der Waals surface area contributed by atoms with Crippen molar-refractivity contribution in [1.29, 1.82) is 0 Å². The lowest BCUT2D eigenvalue weighted by atomic mass is 10.1. The third-order valence-corrected chi connectivity index (χ3v) is 4.74. The van der Waals surface area contributed by atoms with Crippen molar-refractivity contribution in [3.63, 3.8) is 0 Å². The minimum absolute atomic E-state index is 0.172. The number of amides is 1. The summed E-state index contributed by atoms with van der Waals surface area (Å²) < 4.78 is 15.5. The number of hydrogen-bond acceptors (Lipinski definition) is 9. The molecular weight excluding hydrogens is 408 g/mol. The van der Waals surface area contributed by atoms with Crippen LogP contribution in [0.3, 0.4) is 0 Å². The Bertz CT molecular complexity index is 1060. The van der Waals surface area contributed by atoms with Gasteiger partial charge in [0.05, 0.1) is 25.5 Å². The lowest BCUT2D eigenvalue weighted by molar-refractivity contribution is -0.119. The Morgan fingerprint density at radius 1 is 1.03 bits per heavy atom. The van der Waals surface area contributed by atoms with E-state index in [0.717, 1.165) is 5.56 Å². The molecule has 30 heavy (non-hydrogen) atoms. The summed E-state index contributed by atoms with van der Waals surface area (Å²) in [6.45, 7) is -0.473. The average molecular weight is 428 g/mol. The monoisotopic (exact) mass is 428 g/mol. The van der Waals surface area contributed by atoms with Gasteiger partial charge in [-0.15, -0.1) is 11.3 Å². The molecule has 0 spiro atoms. The number of carbonyl (C=O) groups is 2. The van der Waals surface area contributed by atoms with Gasteiger partial charge in [-0.2, -0.15) is 0 Å². The first-order valence-electron chi connectivity index (χ1n) is 8.70. The summed E-state index contributed by atoms with van der Waals surface area (Å²) in [7, 11) is 3.11. The number of ether oxygens (including phenoxy) is 3. The van der Waals surface area contributed by atoms with Gasteiger partial charge in [0.2, 0.25) is 0 Å². The molecule has 0 aliphatic heterocycles. The Balaban J connectivity index is 1.60. The van der Waals surface area contributed by atoms with E-state index in [-0.39, 0.29) is 5.56 Å². The number of methoxy groups -OCH3 is 2. The van der Waals surface area contributed by atoms with Gasteiger partial charge in [-0.1, -0.05) is 0 Å². The highest BCUT2D eigenvalue weighted by Crippen LogP contribution is 2.33. The molecule has 1 heterocycles. The maximum absolute atomic E-state index is 12.1. The first-order chi connectivity index (χ1) is 14.4. The van der Waals surface area contributed by atoms with Crippen LogP contribution in [-0.2, 0) is 9.53 Å². The van der Waals surface area contributed by atoms with Gasteiger partial charge in [0, 0.05) is 22.3 Å². The molecule has 3 rings (SSSR count). The molecule has 0 radical (unpaired) electrons. The van der Waals surface area contributed by atoms with Crippen molar-refractivity contribution < 1.29 is 23.8 Å². The van der Waals surface area contributed by atoms with Gasteiger partial charge in [-0.25, -0.2) is 9.78 Å². The van der Waals surface area contributed by atoms with E-state index in [1.807, 2.05) is 6.07 Å². The van der Waals surface area contributed by atoms with Crippen LogP contribution in [0.1, 0.15) is 10.4 Å². The molecule has 1 aromatic heterocycles. The number of rotatable bonds is 7. The van der Waals surface area contributed by atoms with E-state index >= 15 is 0 Å². The molecule has 0 unspecified atom stereocenters. The van der Waals surface area contributed by atoms with Gasteiger partial charge < -0.3 is 25.7 Å². The number of anilines is 3. The zero-order valence-corrected chi connectivity index (χ0v) is 17.1. The molecule has 0 aliphatic rings. The normalized spacial score (nSPS) is 10.3. The Morgan fingerprint density at radius 2 is 1.73 bits per heavy atom. The number of aromatic nitrogens is 1. The molecule has 1 amide bonds. The van der Waals surface area contributed by atoms with Crippen LogP contribution in [0.4, 0.5) is 16.5 Å². The van der Waals surface area contributed by atoms with Gasteiger partial charge in [0.25, 0.3) is 5.91 Å². The molecule has 0 fully saturated rings. The second-order valence-corrected chi connectivity index (χ2v) is 6.98. The van der Waals surface area contributed by atoms with Crippen molar-refractivity contribution >= 4 is 39.7 Å². The molecule has 3 aromatic rings. The number of nitrogens with two attached hydrogens (primary N) is 2. The maximum Gasteiger partial charge on any atom is 0.338 e. The topological polar surface area (TPSA) is 139 Å². The number of nitrogens with zero attached hydrogens (tertiary/aromatic N) is 1. The van der Waals surface area contributed by atoms with Crippen molar-refractivity contribution in [1.82, 2.24) is 4.98 Å². The fourth-order valence-electron chi connectivity index (χ4n) is 2.62. The van der Waals surface area contributed by atoms with Crippen LogP contribution >= 0.6 is 11.3 Å². The maximum atomic E-state index is 12.1. The van der Waals surface area contributed by atoms with Crippen molar-refractivity contribution in [3.8, 4) is 22.8 Å². The lowest BCUT2D eigenvalue weighted by Gasteiger charge is -2.08. The summed E-state index contributed by atoms with van der Waals surface area (Å²) in [5.74, 6) is -0.0424. The Morgan fingerprint density at radius 3 is 2.40 bits per heavy atom. The number of hydrogen-bond donors (Lipinski definition) is 3. The molecule has 2 aromatic carbocycles. The summed E-state index contributed by atoms with van der Waals surface area (Å²) in [6, 6.07) is 9.76. The highest BCUT2D eigenvalue weighted by atomic mass is 32.1. The second kappa shape index (κ2) is 9.14. The minimum atomic E-state index is -0.700. The minimum Gasteiger partial charge on any atom is -0.493 e. The predicted molar refractivity (Wildman–Crippen MR) is 115 cm³/mol. The van der Waals surface area contributed by atoms with Crippen LogP contribution in [0.2, 0.25) is 0 Å². The van der Waals surface area contributed by atoms with Crippen LogP contribution in [0, 0.1) is 0 Å². The number of esters is 1. The smallest absolute Gasteiger partial charge is 0.338 e. The van der Waals surface area contributed by atoms with Crippen molar-refractivity contribution in [3.05, 3.63) is 47.3 Å². The lowest BCUT2D eigenvalue weighted by Crippen LogP contribution is -2.21. The second-order valence-electron chi connectivity index (χ2n) is 6.12. The first kappa shape index (κ1) is 20.9. The molecule has 156 valence electrons. The van der Waals surface area contributed by atoms with Crippen LogP contribution in [0.15, 0.2) is 41.8 Å². The van der Waals surface area contributed by atoms with Gasteiger partial charge in [-0.05, 0) is 36.4 Å². The molecule has 0 saturated heterocycles. The quantitative estimate of drug-likeness (QED) is 0.386. The summed E-state index contributed by atoms with van der Waals surface area (Å²) >= 11 is 1.24. The van der Waals surface area contributed by atoms with Crippen molar-refractivity contribution in [2.24, 2.45) is 0 Å². The summed E-state index contributed by atoms with van der Waals surface area (Å²) in [6.07, 6.45) is 0. The Labute approximate surface area is 176 Å². The molecule has 0 aliphatic carbocycles. The Hall–Kier alpha value is -3.79. The third-order valence-electron chi connectivity index (χ3n) is 3.98. The van der Waals surface area contributed by atoms with Crippen LogP contribution in [0.25, 0.3) is 11.3 Å². The zero-order chi connectivity index (χ0) is 21.7. The molecule has 0 bridgehead atoms. The molecule has 0 saturated carbocycles. The van der Waals surface area contributed by atoms with Crippen molar-refractivity contribution in [2.75, 3.05) is 37.6 Å². The fourth-order valence-corrected chi connectivity index (χ4v) is 3.36. The van der Waals surface area contributed by atoms with E-state index in [2.05, 4.69) is 10.3 Å². The average Bonchev–Trinajstić information content (AvgIpc) is 3.19. The standard InChI is InChI=1S/C20H20N4O5S/c1-27-16-4-3-11(7-17(16)28-2)15-10-30-20(23-15)24-18(25)9-29-19(26)12-5-13(21)8-14(22)6-12/h3-8,10H,9,21-22H2,1-2H3,(H,23,24,25). The summed E-state index contributed by atoms with van der Waals surface area (Å²) in [4.78, 5) is 28.5. The molecule has 10 heteroatoms. The third kappa shape index (κ3) is 4.97. The van der Waals surface area contributed by atoms with Gasteiger partial charge in [-0.3, -0.25) is 10.1 Å². The highest BCUT2D eigenvalue weighted by Gasteiger charge is 2.14. The predicted octanol–water partition coefficient (Wildman–Crippen LogP) is 2.79.